The van der Waals surface area contributed by atoms with Gasteiger partial charge < -0.3 is 9.47 Å². The molecule has 6 heteroatoms. The van der Waals surface area contributed by atoms with Crippen molar-refractivity contribution in [3.05, 3.63) is 41.2 Å². The Balaban J connectivity index is 1.72. The summed E-state index contributed by atoms with van der Waals surface area (Å²) in [4.78, 5) is 15.5. The molecule has 0 spiro atoms. The average Bonchev–Trinajstić information content (AvgIpc) is 3.06. The minimum Gasteiger partial charge on any atom is -0.497 e. The summed E-state index contributed by atoms with van der Waals surface area (Å²) in [7, 11) is 3.20. The molecule has 0 N–H and O–H groups in total. The van der Waals surface area contributed by atoms with Crippen LogP contribution in [0.3, 0.4) is 0 Å². The van der Waals surface area contributed by atoms with Crippen molar-refractivity contribution in [2.75, 3.05) is 27.3 Å². The van der Waals surface area contributed by atoms with Crippen LogP contribution >= 0.6 is 0 Å². The Kier molecular flexibility index (Phi) is 6.16. The van der Waals surface area contributed by atoms with Crippen molar-refractivity contribution >= 4 is 5.78 Å². The first-order chi connectivity index (χ1) is 13.0. The number of carbonyl (C=O) groups is 1. The highest BCUT2D eigenvalue weighted by Crippen LogP contribution is 2.30. The van der Waals surface area contributed by atoms with E-state index in [-0.39, 0.29) is 11.7 Å². The zero-order valence-corrected chi connectivity index (χ0v) is 16.7. The first-order valence-corrected chi connectivity index (χ1v) is 9.57. The Morgan fingerprint density at radius 3 is 2.78 bits per heavy atom. The van der Waals surface area contributed by atoms with E-state index < -0.39 is 0 Å². The summed E-state index contributed by atoms with van der Waals surface area (Å²) in [5.74, 6) is 1.41. The zero-order chi connectivity index (χ0) is 19.4. The van der Waals surface area contributed by atoms with E-state index in [0.29, 0.717) is 17.1 Å². The maximum absolute atomic E-state index is 13.1. The van der Waals surface area contributed by atoms with Crippen molar-refractivity contribution in [2.24, 2.45) is 5.92 Å². The Bertz CT molecular complexity index is 800. The van der Waals surface area contributed by atoms with Crippen LogP contribution < -0.4 is 9.47 Å². The van der Waals surface area contributed by atoms with Crippen LogP contribution in [0.4, 0.5) is 0 Å². The van der Waals surface area contributed by atoms with Crippen molar-refractivity contribution in [3.8, 4) is 11.5 Å². The van der Waals surface area contributed by atoms with E-state index in [4.69, 9.17) is 9.47 Å². The molecule has 0 saturated carbocycles. The smallest absolute Gasteiger partial charge is 0.170 e. The second-order valence-electron chi connectivity index (χ2n) is 7.10. The zero-order valence-electron chi connectivity index (χ0n) is 16.7. The number of ketones is 1. The number of hydrogen-bond acceptors (Lipinski definition) is 5. The summed E-state index contributed by atoms with van der Waals surface area (Å²) >= 11 is 0. The molecular weight excluding hydrogens is 342 g/mol. The van der Waals surface area contributed by atoms with Crippen LogP contribution in [-0.4, -0.2) is 47.8 Å². The lowest BCUT2D eigenvalue weighted by atomic mass is 9.89. The number of ether oxygens (including phenoxy) is 2. The lowest BCUT2D eigenvalue weighted by molar-refractivity contribution is 0.0808. The molecule has 0 bridgehead atoms. The molecule has 2 aromatic rings. The van der Waals surface area contributed by atoms with E-state index >= 15 is 0 Å². The summed E-state index contributed by atoms with van der Waals surface area (Å²) in [5.41, 5.74) is 2.95. The van der Waals surface area contributed by atoms with Gasteiger partial charge in [0.25, 0.3) is 0 Å². The predicted molar refractivity (Wildman–Crippen MR) is 105 cm³/mol. The molecule has 0 amide bonds. The molecule has 146 valence electrons. The molecule has 1 aromatic carbocycles. The van der Waals surface area contributed by atoms with Crippen molar-refractivity contribution in [2.45, 2.75) is 39.8 Å². The standard InChI is InChI=1S/C21H29N3O3/c1-5-24-14-17(15(2)22-24)13-23-10-6-7-16(12-23)21(25)19-9-8-18(26-3)11-20(19)27-4/h8-9,11,14,16H,5-7,10,12-13H2,1-4H3. The number of aromatic nitrogens is 2. The first kappa shape index (κ1) is 19.4. The van der Waals surface area contributed by atoms with Gasteiger partial charge in [0.2, 0.25) is 0 Å². The number of piperidine rings is 1. The van der Waals surface area contributed by atoms with Gasteiger partial charge in [-0.25, -0.2) is 0 Å². The number of nitrogens with zero attached hydrogens (tertiary/aromatic N) is 3. The molecule has 2 heterocycles. The maximum Gasteiger partial charge on any atom is 0.170 e. The van der Waals surface area contributed by atoms with E-state index in [1.165, 1.54) is 5.56 Å². The molecule has 27 heavy (non-hydrogen) atoms. The topological polar surface area (TPSA) is 56.6 Å². The number of hydrogen-bond donors (Lipinski definition) is 0. The normalized spacial score (nSPS) is 17.7. The van der Waals surface area contributed by atoms with Gasteiger partial charge in [-0.15, -0.1) is 0 Å². The molecule has 1 fully saturated rings. The van der Waals surface area contributed by atoms with Crippen molar-refractivity contribution in [1.29, 1.82) is 0 Å². The second-order valence-corrected chi connectivity index (χ2v) is 7.10. The van der Waals surface area contributed by atoms with Crippen LogP contribution in [0.1, 0.15) is 41.4 Å². The van der Waals surface area contributed by atoms with E-state index in [1.54, 1.807) is 20.3 Å². The molecule has 1 atom stereocenters. The number of Topliss-reactive ketones (excluding diaryl/α,β-unsaturated/α-hetero) is 1. The number of likely N-dealkylation sites (tertiary alicyclic amines) is 1. The fourth-order valence-corrected chi connectivity index (χ4v) is 3.75. The van der Waals surface area contributed by atoms with Gasteiger partial charge in [-0.2, -0.15) is 5.10 Å². The van der Waals surface area contributed by atoms with E-state index in [1.807, 2.05) is 16.8 Å². The third-order valence-electron chi connectivity index (χ3n) is 5.32. The summed E-state index contributed by atoms with van der Waals surface area (Å²) in [5, 5.41) is 4.53. The van der Waals surface area contributed by atoms with E-state index in [9.17, 15) is 4.79 Å². The molecule has 6 nitrogen and oxygen atoms in total. The lowest BCUT2D eigenvalue weighted by Crippen LogP contribution is -2.38. The summed E-state index contributed by atoms with van der Waals surface area (Å²) in [6, 6.07) is 5.41. The van der Waals surface area contributed by atoms with Crippen LogP contribution in [-0.2, 0) is 13.1 Å². The van der Waals surface area contributed by atoms with Crippen molar-refractivity contribution < 1.29 is 14.3 Å². The van der Waals surface area contributed by atoms with Gasteiger partial charge in [0.05, 0.1) is 25.5 Å². The van der Waals surface area contributed by atoms with Crippen LogP contribution in [0.2, 0.25) is 0 Å². The number of aryl methyl sites for hydroxylation is 2. The Morgan fingerprint density at radius 2 is 2.11 bits per heavy atom. The van der Waals surface area contributed by atoms with E-state index in [0.717, 1.165) is 44.7 Å². The SMILES string of the molecule is CCn1cc(CN2CCCC(C(=O)c3ccc(OC)cc3OC)C2)c(C)n1. The van der Waals surface area contributed by atoms with Crippen molar-refractivity contribution in [1.82, 2.24) is 14.7 Å². The number of benzene rings is 1. The highest BCUT2D eigenvalue weighted by Gasteiger charge is 2.29. The first-order valence-electron chi connectivity index (χ1n) is 9.57. The number of rotatable bonds is 7. The molecule has 0 radical (unpaired) electrons. The van der Waals surface area contributed by atoms with Gasteiger partial charge in [0.15, 0.2) is 5.78 Å². The quantitative estimate of drug-likeness (QED) is 0.699. The molecule has 1 unspecified atom stereocenters. The minimum absolute atomic E-state index is 0.0115. The fourth-order valence-electron chi connectivity index (χ4n) is 3.75. The summed E-state index contributed by atoms with van der Waals surface area (Å²) < 4.78 is 12.6. The Labute approximate surface area is 161 Å². The maximum atomic E-state index is 13.1. The highest BCUT2D eigenvalue weighted by molar-refractivity contribution is 6.00. The molecule has 1 aliphatic heterocycles. The van der Waals surface area contributed by atoms with Gasteiger partial charge in [-0.1, -0.05) is 0 Å². The largest absolute Gasteiger partial charge is 0.497 e. The molecular formula is C21H29N3O3. The molecule has 1 saturated heterocycles. The molecule has 1 aromatic heterocycles. The van der Waals surface area contributed by atoms with Crippen LogP contribution in [0.15, 0.2) is 24.4 Å². The van der Waals surface area contributed by atoms with Gasteiger partial charge in [0, 0.05) is 43.4 Å². The Hall–Kier alpha value is -2.34. The second kappa shape index (κ2) is 8.57. The van der Waals surface area contributed by atoms with Gasteiger partial charge in [0.1, 0.15) is 11.5 Å². The third kappa shape index (κ3) is 4.33. The predicted octanol–water partition coefficient (Wildman–Crippen LogP) is 3.32. The van der Waals surface area contributed by atoms with Crippen LogP contribution in [0.5, 0.6) is 11.5 Å². The van der Waals surface area contributed by atoms with Gasteiger partial charge >= 0.3 is 0 Å². The van der Waals surface area contributed by atoms with Crippen molar-refractivity contribution in [3.63, 3.8) is 0 Å². The summed E-state index contributed by atoms with van der Waals surface area (Å²) in [6.07, 6.45) is 4.06. The van der Waals surface area contributed by atoms with E-state index in [2.05, 4.69) is 30.0 Å². The Morgan fingerprint density at radius 1 is 1.30 bits per heavy atom. The van der Waals surface area contributed by atoms with Gasteiger partial charge in [-0.05, 0) is 45.4 Å². The molecule has 3 rings (SSSR count). The number of methoxy groups -OCH3 is 2. The lowest BCUT2D eigenvalue weighted by Gasteiger charge is -2.32. The summed E-state index contributed by atoms with van der Waals surface area (Å²) in [6.45, 7) is 7.64. The fraction of sp³-hybridized carbons (Fsp3) is 0.524. The van der Waals surface area contributed by atoms with Crippen LogP contribution in [0, 0.1) is 12.8 Å². The minimum atomic E-state index is -0.0115. The van der Waals surface area contributed by atoms with Gasteiger partial charge in [-0.3, -0.25) is 14.4 Å². The third-order valence-corrected chi connectivity index (χ3v) is 5.32. The van der Waals surface area contributed by atoms with Crippen LogP contribution in [0.25, 0.3) is 0 Å². The number of carbonyl (C=O) groups excluding carboxylic acids is 1. The average molecular weight is 371 g/mol. The molecule has 0 aliphatic carbocycles. The monoisotopic (exact) mass is 371 g/mol. The molecule has 1 aliphatic rings. The highest BCUT2D eigenvalue weighted by atomic mass is 16.5.